The third-order valence-corrected chi connectivity index (χ3v) is 5.32. The van der Waals surface area contributed by atoms with Gasteiger partial charge in [0.15, 0.2) is 0 Å². The molecule has 0 bridgehead atoms. The van der Waals surface area contributed by atoms with Gasteiger partial charge in [0.05, 0.1) is 0 Å². The van der Waals surface area contributed by atoms with Crippen LogP contribution in [0, 0.1) is 13.8 Å². The molecule has 0 saturated heterocycles. The van der Waals surface area contributed by atoms with Crippen LogP contribution in [0.3, 0.4) is 0 Å². The summed E-state index contributed by atoms with van der Waals surface area (Å²) < 4.78 is 0. The molecule has 3 aromatic carbocycles. The van der Waals surface area contributed by atoms with Gasteiger partial charge < -0.3 is 21.1 Å². The molecule has 1 aromatic heterocycles. The van der Waals surface area contributed by atoms with Crippen LogP contribution in [0.25, 0.3) is 0 Å². The average molecular weight is 426 g/mol. The van der Waals surface area contributed by atoms with Crippen molar-refractivity contribution in [2.24, 2.45) is 0 Å². The Morgan fingerprint density at radius 1 is 0.781 bits per heavy atom. The van der Waals surface area contributed by atoms with Crippen molar-refractivity contribution >= 4 is 28.8 Å². The van der Waals surface area contributed by atoms with E-state index in [4.69, 9.17) is 0 Å². The second-order valence-electron chi connectivity index (χ2n) is 7.69. The summed E-state index contributed by atoms with van der Waals surface area (Å²) in [6.07, 6.45) is 1.06. The lowest BCUT2D eigenvalue weighted by Crippen LogP contribution is -2.05. The van der Waals surface area contributed by atoms with Gasteiger partial charge in [-0.15, -0.1) is 0 Å². The van der Waals surface area contributed by atoms with Crippen LogP contribution in [-0.2, 0) is 0 Å². The van der Waals surface area contributed by atoms with Crippen LogP contribution in [0.2, 0.25) is 0 Å². The summed E-state index contributed by atoms with van der Waals surface area (Å²) in [5.41, 5.74) is 6.73. The molecule has 0 radical (unpaired) electrons. The van der Waals surface area contributed by atoms with E-state index in [9.17, 15) is 5.11 Å². The van der Waals surface area contributed by atoms with E-state index in [1.54, 1.807) is 6.20 Å². The molecular formula is C26H27N5O. The van der Waals surface area contributed by atoms with E-state index in [0.717, 1.165) is 39.3 Å². The second kappa shape index (κ2) is 9.49. The van der Waals surface area contributed by atoms with Crippen molar-refractivity contribution in [3.8, 4) is 0 Å². The summed E-state index contributed by atoms with van der Waals surface area (Å²) in [5, 5.41) is 20.5. The van der Waals surface area contributed by atoms with Crippen LogP contribution < -0.4 is 16.0 Å². The Morgan fingerprint density at radius 3 is 2.09 bits per heavy atom. The SMILES string of the molecule is CNc1ccc(Nc2nccc(Nc3c(C)cc(C(O)c4ccccc4)cc3C)n2)cc1. The molecule has 0 aliphatic rings. The lowest BCUT2D eigenvalue weighted by molar-refractivity contribution is 0.220. The maximum atomic E-state index is 10.8. The molecule has 6 heteroatoms. The van der Waals surface area contributed by atoms with Crippen molar-refractivity contribution in [1.29, 1.82) is 0 Å². The summed E-state index contributed by atoms with van der Waals surface area (Å²) in [6, 6.07) is 23.5. The Bertz CT molecular complexity index is 1170. The van der Waals surface area contributed by atoms with Gasteiger partial charge >= 0.3 is 0 Å². The number of aromatic nitrogens is 2. The van der Waals surface area contributed by atoms with Gasteiger partial charge in [0.25, 0.3) is 0 Å². The Hall–Kier alpha value is -3.90. The van der Waals surface area contributed by atoms with Crippen LogP contribution in [-0.4, -0.2) is 22.1 Å². The van der Waals surface area contributed by atoms with E-state index < -0.39 is 6.10 Å². The molecule has 0 amide bonds. The average Bonchev–Trinajstić information content (AvgIpc) is 2.82. The molecule has 0 spiro atoms. The van der Waals surface area contributed by atoms with Gasteiger partial charge in [0, 0.05) is 30.3 Å². The van der Waals surface area contributed by atoms with E-state index >= 15 is 0 Å². The Kier molecular flexibility index (Phi) is 6.33. The lowest BCUT2D eigenvalue weighted by atomic mass is 9.96. The Balaban J connectivity index is 1.53. The fourth-order valence-electron chi connectivity index (χ4n) is 3.65. The fraction of sp³-hybridized carbons (Fsp3) is 0.154. The first kappa shape index (κ1) is 21.3. The number of hydrogen-bond donors (Lipinski definition) is 4. The molecule has 4 aromatic rings. The summed E-state index contributed by atoms with van der Waals surface area (Å²) >= 11 is 0. The quantitative estimate of drug-likeness (QED) is 0.304. The van der Waals surface area contributed by atoms with Gasteiger partial charge in [-0.3, -0.25) is 0 Å². The largest absolute Gasteiger partial charge is 0.388 e. The highest BCUT2D eigenvalue weighted by Gasteiger charge is 2.14. The van der Waals surface area contributed by atoms with Crippen molar-refractivity contribution in [3.63, 3.8) is 0 Å². The molecule has 0 fully saturated rings. The van der Waals surface area contributed by atoms with Gasteiger partial charge in [-0.25, -0.2) is 4.98 Å². The highest BCUT2D eigenvalue weighted by atomic mass is 16.3. The summed E-state index contributed by atoms with van der Waals surface area (Å²) in [5.74, 6) is 1.20. The molecule has 4 rings (SSSR count). The number of anilines is 5. The first-order valence-corrected chi connectivity index (χ1v) is 10.5. The standard InChI is InChI=1S/C26H27N5O/c1-17-15-20(25(32)19-7-5-4-6-8-19)16-18(2)24(17)30-23-13-14-28-26(31-23)29-22-11-9-21(27-3)10-12-22/h4-16,25,27,32H,1-3H3,(H2,28,29,30,31). The first-order valence-electron chi connectivity index (χ1n) is 10.5. The van der Waals surface area contributed by atoms with Crippen molar-refractivity contribution < 1.29 is 5.11 Å². The van der Waals surface area contributed by atoms with E-state index in [2.05, 4.69) is 25.9 Å². The fourth-order valence-corrected chi connectivity index (χ4v) is 3.65. The number of aliphatic hydroxyl groups is 1. The van der Waals surface area contributed by atoms with Crippen molar-refractivity contribution in [3.05, 3.63) is 101 Å². The normalized spacial score (nSPS) is 11.6. The number of rotatable bonds is 7. The van der Waals surface area contributed by atoms with Crippen molar-refractivity contribution in [1.82, 2.24) is 9.97 Å². The zero-order valence-electron chi connectivity index (χ0n) is 18.4. The first-order chi connectivity index (χ1) is 15.5. The molecule has 162 valence electrons. The number of nitrogens with one attached hydrogen (secondary N) is 3. The van der Waals surface area contributed by atoms with Crippen LogP contribution in [0.4, 0.5) is 28.8 Å². The van der Waals surface area contributed by atoms with Gasteiger partial charge in [0.1, 0.15) is 11.9 Å². The molecule has 4 N–H and O–H groups in total. The Labute approximate surface area is 188 Å². The molecule has 0 aliphatic carbocycles. The van der Waals surface area contributed by atoms with Crippen molar-refractivity contribution in [2.45, 2.75) is 20.0 Å². The van der Waals surface area contributed by atoms with Crippen LogP contribution >= 0.6 is 0 Å². The number of aryl methyl sites for hydroxylation is 2. The maximum Gasteiger partial charge on any atom is 0.229 e. The molecule has 0 saturated carbocycles. The zero-order chi connectivity index (χ0) is 22.5. The molecule has 0 aliphatic heterocycles. The van der Waals surface area contributed by atoms with Crippen LogP contribution in [0.1, 0.15) is 28.4 Å². The van der Waals surface area contributed by atoms with E-state index in [1.807, 2.05) is 93.7 Å². The van der Waals surface area contributed by atoms with Gasteiger partial charge in [0.2, 0.25) is 5.95 Å². The summed E-state index contributed by atoms with van der Waals surface area (Å²) in [4.78, 5) is 8.92. The maximum absolute atomic E-state index is 10.8. The number of benzene rings is 3. The number of hydrogen-bond acceptors (Lipinski definition) is 6. The highest BCUT2D eigenvalue weighted by Crippen LogP contribution is 2.30. The molecule has 6 nitrogen and oxygen atoms in total. The number of nitrogens with zero attached hydrogens (tertiary/aromatic N) is 2. The monoisotopic (exact) mass is 425 g/mol. The molecule has 32 heavy (non-hydrogen) atoms. The zero-order valence-corrected chi connectivity index (χ0v) is 18.4. The van der Waals surface area contributed by atoms with Gasteiger partial charge in [-0.05, 0) is 66.4 Å². The predicted octanol–water partition coefficient (Wildman–Crippen LogP) is 5.70. The molecule has 1 unspecified atom stereocenters. The third-order valence-electron chi connectivity index (χ3n) is 5.32. The molecule has 1 atom stereocenters. The Morgan fingerprint density at radius 2 is 1.44 bits per heavy atom. The smallest absolute Gasteiger partial charge is 0.229 e. The van der Waals surface area contributed by atoms with Crippen LogP contribution in [0.15, 0.2) is 79.0 Å². The van der Waals surface area contributed by atoms with E-state index in [1.165, 1.54) is 0 Å². The topological polar surface area (TPSA) is 82.1 Å². The van der Waals surface area contributed by atoms with Crippen LogP contribution in [0.5, 0.6) is 0 Å². The van der Waals surface area contributed by atoms with Gasteiger partial charge in [-0.2, -0.15) is 4.98 Å². The minimum absolute atomic E-state index is 0.513. The lowest BCUT2D eigenvalue weighted by Gasteiger charge is -2.18. The summed E-state index contributed by atoms with van der Waals surface area (Å²) in [6.45, 7) is 4.06. The van der Waals surface area contributed by atoms with Gasteiger partial charge in [-0.1, -0.05) is 42.5 Å². The van der Waals surface area contributed by atoms with Crippen molar-refractivity contribution in [2.75, 3.05) is 23.0 Å². The van der Waals surface area contributed by atoms with E-state index in [0.29, 0.717) is 11.8 Å². The highest BCUT2D eigenvalue weighted by molar-refractivity contribution is 5.67. The minimum Gasteiger partial charge on any atom is -0.388 e. The second-order valence-corrected chi connectivity index (χ2v) is 7.69. The summed E-state index contributed by atoms with van der Waals surface area (Å²) in [7, 11) is 1.89. The number of aliphatic hydroxyl groups excluding tert-OH is 1. The third kappa shape index (κ3) is 4.87. The molecular weight excluding hydrogens is 398 g/mol. The minimum atomic E-state index is -0.660. The molecule has 1 heterocycles. The predicted molar refractivity (Wildman–Crippen MR) is 131 cm³/mol. The van der Waals surface area contributed by atoms with E-state index in [-0.39, 0.29) is 0 Å².